The smallest absolute Gasteiger partial charge is 0.339 e. The van der Waals surface area contributed by atoms with Gasteiger partial charge in [0.2, 0.25) is 0 Å². The van der Waals surface area contributed by atoms with Gasteiger partial charge in [0.15, 0.2) is 0 Å². The number of carboxylic acid groups (broad SMARTS) is 1. The molecule has 0 aliphatic carbocycles. The van der Waals surface area contributed by atoms with Gasteiger partial charge in [-0.25, -0.2) is 4.79 Å². The molecule has 0 aliphatic heterocycles. The van der Waals surface area contributed by atoms with Crippen molar-refractivity contribution in [3.05, 3.63) is 52.0 Å². The second kappa shape index (κ2) is 5.84. The van der Waals surface area contributed by atoms with E-state index in [1.807, 2.05) is 0 Å². The first-order valence-electron chi connectivity index (χ1n) is 5.81. The minimum Gasteiger partial charge on any atom is -0.507 e. The number of nitrogen functional groups attached to an aromatic ring is 1. The zero-order chi connectivity index (χ0) is 15.6. The molecule has 0 saturated heterocycles. The van der Waals surface area contributed by atoms with Crippen molar-refractivity contribution in [2.45, 2.75) is 0 Å². The number of nitrogens with two attached hydrogens (primary N) is 1. The second-order valence-electron chi connectivity index (χ2n) is 4.23. The summed E-state index contributed by atoms with van der Waals surface area (Å²) >= 11 is 3.23. The molecule has 2 aromatic carbocycles. The van der Waals surface area contributed by atoms with Crippen molar-refractivity contribution in [1.82, 2.24) is 0 Å². The number of aromatic hydroxyl groups is 1. The number of carboxylic acids is 1. The summed E-state index contributed by atoms with van der Waals surface area (Å²) in [7, 11) is 0. The van der Waals surface area contributed by atoms with E-state index in [0.29, 0.717) is 15.7 Å². The molecule has 0 aliphatic rings. The zero-order valence-electron chi connectivity index (χ0n) is 10.6. The highest BCUT2D eigenvalue weighted by molar-refractivity contribution is 9.10. The van der Waals surface area contributed by atoms with Crippen molar-refractivity contribution < 1.29 is 19.8 Å². The third-order valence-electron chi connectivity index (χ3n) is 2.74. The van der Waals surface area contributed by atoms with Crippen LogP contribution in [0.5, 0.6) is 5.75 Å². The van der Waals surface area contributed by atoms with E-state index in [0.717, 1.165) is 0 Å². The van der Waals surface area contributed by atoms with Crippen LogP contribution < -0.4 is 11.1 Å². The molecule has 0 atom stereocenters. The number of aromatic carboxylic acids is 1. The Balaban J connectivity index is 2.21. The van der Waals surface area contributed by atoms with Gasteiger partial charge in [-0.1, -0.05) is 0 Å². The summed E-state index contributed by atoms with van der Waals surface area (Å²) in [6.07, 6.45) is 0. The van der Waals surface area contributed by atoms with Crippen molar-refractivity contribution in [3.63, 3.8) is 0 Å². The van der Waals surface area contributed by atoms with Gasteiger partial charge >= 0.3 is 5.97 Å². The molecule has 2 rings (SSSR count). The average molecular weight is 351 g/mol. The van der Waals surface area contributed by atoms with E-state index in [2.05, 4.69) is 21.2 Å². The largest absolute Gasteiger partial charge is 0.507 e. The standard InChI is InChI=1S/C14H11BrN2O4/c15-10-4-1-7(5-11(10)16)13(19)17-8-2-3-9(14(20)21)12(18)6-8/h1-6,18H,16H2,(H,17,19)(H,20,21). The van der Waals surface area contributed by atoms with Crippen molar-refractivity contribution in [1.29, 1.82) is 0 Å². The Morgan fingerprint density at radius 2 is 1.86 bits per heavy atom. The van der Waals surface area contributed by atoms with E-state index >= 15 is 0 Å². The maximum atomic E-state index is 12.0. The lowest BCUT2D eigenvalue weighted by molar-refractivity contribution is 0.0693. The maximum Gasteiger partial charge on any atom is 0.339 e. The van der Waals surface area contributed by atoms with E-state index in [4.69, 9.17) is 10.8 Å². The van der Waals surface area contributed by atoms with Crippen molar-refractivity contribution >= 4 is 39.2 Å². The summed E-state index contributed by atoms with van der Waals surface area (Å²) in [6, 6.07) is 8.51. The van der Waals surface area contributed by atoms with Gasteiger partial charge in [0, 0.05) is 27.5 Å². The number of carbonyl (C=O) groups excluding carboxylic acids is 1. The van der Waals surface area contributed by atoms with E-state index in [1.54, 1.807) is 12.1 Å². The van der Waals surface area contributed by atoms with Crippen LogP contribution in [0.25, 0.3) is 0 Å². The van der Waals surface area contributed by atoms with Crippen LogP contribution in [-0.4, -0.2) is 22.1 Å². The average Bonchev–Trinajstić information content (AvgIpc) is 2.41. The highest BCUT2D eigenvalue weighted by Crippen LogP contribution is 2.24. The molecular formula is C14H11BrN2O4. The number of hydrogen-bond donors (Lipinski definition) is 4. The van der Waals surface area contributed by atoms with E-state index < -0.39 is 17.6 Å². The highest BCUT2D eigenvalue weighted by atomic mass is 79.9. The lowest BCUT2D eigenvalue weighted by atomic mass is 10.1. The lowest BCUT2D eigenvalue weighted by Gasteiger charge is -2.08. The summed E-state index contributed by atoms with van der Waals surface area (Å²) in [5.74, 6) is -2.08. The number of halogens is 1. The third-order valence-corrected chi connectivity index (χ3v) is 3.47. The first kappa shape index (κ1) is 14.9. The van der Waals surface area contributed by atoms with Crippen LogP contribution in [0.4, 0.5) is 11.4 Å². The zero-order valence-corrected chi connectivity index (χ0v) is 12.2. The van der Waals surface area contributed by atoms with Gasteiger partial charge in [0.1, 0.15) is 11.3 Å². The predicted molar refractivity (Wildman–Crippen MR) is 81.6 cm³/mol. The van der Waals surface area contributed by atoms with Gasteiger partial charge < -0.3 is 21.3 Å². The molecule has 0 bridgehead atoms. The fourth-order valence-electron chi connectivity index (χ4n) is 1.68. The summed E-state index contributed by atoms with van der Waals surface area (Å²) in [6.45, 7) is 0. The molecule has 0 spiro atoms. The molecule has 0 radical (unpaired) electrons. The molecule has 0 fully saturated rings. The van der Waals surface area contributed by atoms with Crippen LogP contribution in [0, 0.1) is 0 Å². The Bertz CT molecular complexity index is 731. The minimum absolute atomic E-state index is 0.235. The van der Waals surface area contributed by atoms with Crippen molar-refractivity contribution in [3.8, 4) is 5.75 Å². The Labute approximate surface area is 128 Å². The molecule has 108 valence electrons. The molecule has 6 nitrogen and oxygen atoms in total. The number of rotatable bonds is 3. The molecular weight excluding hydrogens is 340 g/mol. The maximum absolute atomic E-state index is 12.0. The van der Waals surface area contributed by atoms with Gasteiger partial charge in [0.05, 0.1) is 0 Å². The van der Waals surface area contributed by atoms with Crippen molar-refractivity contribution in [2.24, 2.45) is 0 Å². The lowest BCUT2D eigenvalue weighted by Crippen LogP contribution is -2.12. The number of carbonyl (C=O) groups is 2. The first-order chi connectivity index (χ1) is 9.88. The van der Waals surface area contributed by atoms with Crippen LogP contribution in [0.3, 0.4) is 0 Å². The van der Waals surface area contributed by atoms with Gasteiger partial charge in [-0.3, -0.25) is 4.79 Å². The van der Waals surface area contributed by atoms with Crippen LogP contribution in [0.15, 0.2) is 40.9 Å². The molecule has 0 saturated carbocycles. The number of nitrogens with one attached hydrogen (secondary N) is 1. The van der Waals surface area contributed by atoms with Crippen molar-refractivity contribution in [2.75, 3.05) is 11.1 Å². The molecule has 5 N–H and O–H groups in total. The van der Waals surface area contributed by atoms with Gasteiger partial charge in [-0.05, 0) is 46.3 Å². The summed E-state index contributed by atoms with van der Waals surface area (Å²) in [4.78, 5) is 22.8. The Hall–Kier alpha value is -2.54. The van der Waals surface area contributed by atoms with E-state index in [1.165, 1.54) is 24.3 Å². The molecule has 1 amide bonds. The number of phenols is 1. The van der Waals surface area contributed by atoms with Crippen LogP contribution in [0.2, 0.25) is 0 Å². The highest BCUT2D eigenvalue weighted by Gasteiger charge is 2.12. The SMILES string of the molecule is Nc1cc(C(=O)Nc2ccc(C(=O)O)c(O)c2)ccc1Br. The topological polar surface area (TPSA) is 113 Å². The molecule has 0 aromatic heterocycles. The van der Waals surface area contributed by atoms with Gasteiger partial charge in [0.25, 0.3) is 5.91 Å². The number of hydrogen-bond acceptors (Lipinski definition) is 4. The number of anilines is 2. The molecule has 0 heterocycles. The van der Waals surface area contributed by atoms with Crippen LogP contribution >= 0.6 is 15.9 Å². The quantitative estimate of drug-likeness (QED) is 0.635. The Kier molecular flexibility index (Phi) is 4.13. The third kappa shape index (κ3) is 3.32. The second-order valence-corrected chi connectivity index (χ2v) is 5.08. The Morgan fingerprint density at radius 1 is 1.14 bits per heavy atom. The Morgan fingerprint density at radius 3 is 2.43 bits per heavy atom. The van der Waals surface area contributed by atoms with E-state index in [9.17, 15) is 14.7 Å². The molecule has 7 heteroatoms. The summed E-state index contributed by atoms with van der Waals surface area (Å²) in [5.41, 5.74) is 6.51. The fourth-order valence-corrected chi connectivity index (χ4v) is 1.93. The predicted octanol–water partition coefficient (Wildman–Crippen LogP) is 2.69. The number of benzene rings is 2. The summed E-state index contributed by atoms with van der Waals surface area (Å²) in [5, 5.41) is 20.9. The molecule has 0 unspecified atom stereocenters. The monoisotopic (exact) mass is 350 g/mol. The normalized spacial score (nSPS) is 10.1. The van der Waals surface area contributed by atoms with Gasteiger partial charge in [-0.2, -0.15) is 0 Å². The van der Waals surface area contributed by atoms with E-state index in [-0.39, 0.29) is 11.3 Å². The molecule has 2 aromatic rings. The first-order valence-corrected chi connectivity index (χ1v) is 6.60. The fraction of sp³-hybridized carbons (Fsp3) is 0. The molecule has 21 heavy (non-hydrogen) atoms. The number of amides is 1. The minimum atomic E-state index is -1.24. The van der Waals surface area contributed by atoms with Crippen LogP contribution in [-0.2, 0) is 0 Å². The summed E-state index contributed by atoms with van der Waals surface area (Å²) < 4.78 is 0.683. The van der Waals surface area contributed by atoms with Crippen LogP contribution in [0.1, 0.15) is 20.7 Å². The van der Waals surface area contributed by atoms with Gasteiger partial charge in [-0.15, -0.1) is 0 Å².